The van der Waals surface area contributed by atoms with E-state index in [0.29, 0.717) is 6.04 Å². The average molecular weight is 231 g/mol. The molecule has 0 radical (unpaired) electrons. The molecule has 2 N–H and O–H groups in total. The van der Waals surface area contributed by atoms with E-state index in [4.69, 9.17) is 5.73 Å². The molecule has 2 fully saturated rings. The van der Waals surface area contributed by atoms with Crippen LogP contribution in [0.25, 0.3) is 0 Å². The highest BCUT2D eigenvalue weighted by atomic mass is 15.2. The molecule has 3 heteroatoms. The number of aromatic nitrogens is 1. The maximum Gasteiger partial charge on any atom is 0.0517 e. The summed E-state index contributed by atoms with van der Waals surface area (Å²) in [4.78, 5) is 7.03. The highest BCUT2D eigenvalue weighted by molar-refractivity contribution is 5.20. The van der Waals surface area contributed by atoms with Crippen molar-refractivity contribution in [3.05, 3.63) is 29.6 Å². The predicted molar refractivity (Wildman–Crippen MR) is 68.7 cm³/mol. The van der Waals surface area contributed by atoms with Crippen LogP contribution < -0.4 is 5.73 Å². The quantitative estimate of drug-likeness (QED) is 0.846. The Morgan fingerprint density at radius 2 is 2.12 bits per heavy atom. The fourth-order valence-electron chi connectivity index (χ4n) is 2.96. The second-order valence-corrected chi connectivity index (χ2v) is 5.45. The van der Waals surface area contributed by atoms with Crippen LogP contribution >= 0.6 is 0 Å². The van der Waals surface area contributed by atoms with E-state index in [1.165, 1.54) is 31.4 Å². The molecule has 0 amide bonds. The zero-order chi connectivity index (χ0) is 11.8. The lowest BCUT2D eigenvalue weighted by molar-refractivity contribution is 0.119. The number of nitrogens with two attached hydrogens (primary N) is 1. The van der Waals surface area contributed by atoms with Crippen LogP contribution in [-0.4, -0.2) is 28.5 Å². The van der Waals surface area contributed by atoms with Gasteiger partial charge in [-0.1, -0.05) is 6.07 Å². The number of hydrogen-bond acceptors (Lipinski definition) is 3. The van der Waals surface area contributed by atoms with E-state index in [1.807, 2.05) is 13.1 Å². The third-order valence-electron chi connectivity index (χ3n) is 4.01. The smallest absolute Gasteiger partial charge is 0.0517 e. The molecule has 92 valence electrons. The minimum Gasteiger partial charge on any atom is -0.326 e. The number of piperidine rings is 1. The largest absolute Gasteiger partial charge is 0.326 e. The molecule has 2 aliphatic rings. The molecule has 1 saturated heterocycles. The molecule has 3 nitrogen and oxygen atoms in total. The minimum absolute atomic E-state index is 0.272. The number of aryl methyl sites for hydroxylation is 1. The second kappa shape index (κ2) is 4.39. The summed E-state index contributed by atoms with van der Waals surface area (Å²) in [5, 5.41) is 0. The standard InChI is InChI=1S/C14H21N3/c1-10-4-5-11(9-16-10)14-13(15)3-2-8-17(14)12-6-7-12/h4-5,9,12-14H,2-3,6-8,15H2,1H3. The Labute approximate surface area is 103 Å². The molecule has 2 unspecified atom stereocenters. The Kier molecular flexibility index (Phi) is 2.89. The lowest BCUT2D eigenvalue weighted by Crippen LogP contribution is -2.46. The van der Waals surface area contributed by atoms with Crippen molar-refractivity contribution >= 4 is 0 Å². The van der Waals surface area contributed by atoms with Gasteiger partial charge in [-0.3, -0.25) is 9.88 Å². The Balaban J connectivity index is 1.87. The number of hydrogen-bond donors (Lipinski definition) is 1. The van der Waals surface area contributed by atoms with E-state index in [-0.39, 0.29) is 6.04 Å². The van der Waals surface area contributed by atoms with Crippen LogP contribution in [-0.2, 0) is 0 Å². The van der Waals surface area contributed by atoms with Gasteiger partial charge in [-0.25, -0.2) is 0 Å². The molecule has 2 heterocycles. The molecule has 0 aromatic carbocycles. The fourth-order valence-corrected chi connectivity index (χ4v) is 2.96. The van der Waals surface area contributed by atoms with Crippen molar-refractivity contribution in [2.45, 2.75) is 50.7 Å². The van der Waals surface area contributed by atoms with Crippen molar-refractivity contribution in [3.8, 4) is 0 Å². The predicted octanol–water partition coefficient (Wildman–Crippen LogP) is 2.02. The summed E-state index contributed by atoms with van der Waals surface area (Å²) in [6.07, 6.45) is 7.10. The third-order valence-corrected chi connectivity index (χ3v) is 4.01. The van der Waals surface area contributed by atoms with Crippen LogP contribution in [0.3, 0.4) is 0 Å². The van der Waals surface area contributed by atoms with Gasteiger partial charge in [0.1, 0.15) is 0 Å². The summed E-state index contributed by atoms with van der Waals surface area (Å²) in [5.41, 5.74) is 8.72. The van der Waals surface area contributed by atoms with E-state index in [1.54, 1.807) is 0 Å². The Morgan fingerprint density at radius 1 is 1.29 bits per heavy atom. The number of likely N-dealkylation sites (tertiary alicyclic amines) is 1. The SMILES string of the molecule is Cc1ccc(C2C(N)CCCN2C2CC2)cn1. The molecular formula is C14H21N3. The first kappa shape index (κ1) is 11.2. The van der Waals surface area contributed by atoms with Crippen molar-refractivity contribution in [2.24, 2.45) is 5.73 Å². The third kappa shape index (κ3) is 2.22. The highest BCUT2D eigenvalue weighted by Gasteiger charge is 2.39. The van der Waals surface area contributed by atoms with Gasteiger partial charge in [0.25, 0.3) is 0 Å². The maximum absolute atomic E-state index is 6.34. The fraction of sp³-hybridized carbons (Fsp3) is 0.643. The maximum atomic E-state index is 6.34. The van der Waals surface area contributed by atoms with Gasteiger partial charge in [-0.15, -0.1) is 0 Å². The highest BCUT2D eigenvalue weighted by Crippen LogP contribution is 2.39. The first-order valence-corrected chi connectivity index (χ1v) is 6.69. The average Bonchev–Trinajstić information content (AvgIpc) is 3.14. The lowest BCUT2D eigenvalue weighted by atomic mass is 9.91. The van der Waals surface area contributed by atoms with Crippen LogP contribution in [0.15, 0.2) is 18.3 Å². The molecule has 17 heavy (non-hydrogen) atoms. The topological polar surface area (TPSA) is 42.1 Å². The number of nitrogens with zero attached hydrogens (tertiary/aromatic N) is 2. The Hall–Kier alpha value is -0.930. The molecule has 1 aliphatic heterocycles. The van der Waals surface area contributed by atoms with E-state index >= 15 is 0 Å². The van der Waals surface area contributed by atoms with Gasteiger partial charge < -0.3 is 5.73 Å². The van der Waals surface area contributed by atoms with Crippen LogP contribution in [0.2, 0.25) is 0 Å². The van der Waals surface area contributed by atoms with Crippen molar-refractivity contribution in [2.75, 3.05) is 6.54 Å². The first-order valence-electron chi connectivity index (χ1n) is 6.69. The van der Waals surface area contributed by atoms with E-state index < -0.39 is 0 Å². The van der Waals surface area contributed by atoms with Crippen LogP contribution in [0.4, 0.5) is 0 Å². The molecule has 2 atom stereocenters. The summed E-state index contributed by atoms with van der Waals surface area (Å²) < 4.78 is 0. The molecule has 1 aliphatic carbocycles. The molecule has 3 rings (SSSR count). The number of pyridine rings is 1. The Bertz CT molecular complexity index is 383. The van der Waals surface area contributed by atoms with E-state index in [0.717, 1.165) is 18.2 Å². The summed E-state index contributed by atoms with van der Waals surface area (Å²) in [5.74, 6) is 0. The zero-order valence-electron chi connectivity index (χ0n) is 10.5. The van der Waals surface area contributed by atoms with Crippen molar-refractivity contribution in [1.82, 2.24) is 9.88 Å². The van der Waals surface area contributed by atoms with Crippen molar-refractivity contribution < 1.29 is 0 Å². The molecule has 1 saturated carbocycles. The van der Waals surface area contributed by atoms with Crippen LogP contribution in [0.5, 0.6) is 0 Å². The Morgan fingerprint density at radius 3 is 2.76 bits per heavy atom. The van der Waals surface area contributed by atoms with Crippen LogP contribution in [0, 0.1) is 6.92 Å². The molecule has 0 bridgehead atoms. The van der Waals surface area contributed by atoms with Gasteiger partial charge >= 0.3 is 0 Å². The number of rotatable bonds is 2. The summed E-state index contributed by atoms with van der Waals surface area (Å²) in [6, 6.07) is 5.75. The minimum atomic E-state index is 0.272. The van der Waals surface area contributed by atoms with Gasteiger partial charge in [0.05, 0.1) is 6.04 Å². The molecule has 0 spiro atoms. The van der Waals surface area contributed by atoms with Crippen molar-refractivity contribution in [3.63, 3.8) is 0 Å². The summed E-state index contributed by atoms with van der Waals surface area (Å²) in [7, 11) is 0. The summed E-state index contributed by atoms with van der Waals surface area (Å²) >= 11 is 0. The van der Waals surface area contributed by atoms with Gasteiger partial charge in [-0.2, -0.15) is 0 Å². The van der Waals surface area contributed by atoms with Gasteiger partial charge in [0, 0.05) is 24.0 Å². The van der Waals surface area contributed by atoms with Crippen molar-refractivity contribution in [1.29, 1.82) is 0 Å². The molecule has 1 aromatic rings. The van der Waals surface area contributed by atoms with Crippen LogP contribution in [0.1, 0.15) is 43.0 Å². The molecule has 1 aromatic heterocycles. The first-order chi connectivity index (χ1) is 8.25. The van der Waals surface area contributed by atoms with E-state index in [9.17, 15) is 0 Å². The zero-order valence-corrected chi connectivity index (χ0v) is 10.5. The summed E-state index contributed by atoms with van der Waals surface area (Å²) in [6.45, 7) is 3.24. The normalized spacial score (nSPS) is 30.5. The van der Waals surface area contributed by atoms with E-state index in [2.05, 4.69) is 22.0 Å². The molecular weight excluding hydrogens is 210 g/mol. The monoisotopic (exact) mass is 231 g/mol. The second-order valence-electron chi connectivity index (χ2n) is 5.45. The van der Waals surface area contributed by atoms with Gasteiger partial charge in [0.2, 0.25) is 0 Å². The van der Waals surface area contributed by atoms with Gasteiger partial charge in [0.15, 0.2) is 0 Å². The lowest BCUT2D eigenvalue weighted by Gasteiger charge is -2.40. The van der Waals surface area contributed by atoms with Gasteiger partial charge in [-0.05, 0) is 50.8 Å².